The van der Waals surface area contributed by atoms with Crippen molar-refractivity contribution >= 4 is 25.8 Å². The monoisotopic (exact) mass is 534 g/mol. The number of carbonyl (C=O) groups is 3. The van der Waals surface area contributed by atoms with E-state index in [2.05, 4.69) is 14.6 Å². The van der Waals surface area contributed by atoms with Crippen molar-refractivity contribution < 1.29 is 46.8 Å². The number of hydrogen-bond acceptors (Lipinski definition) is 10. The van der Waals surface area contributed by atoms with Crippen molar-refractivity contribution in [3.8, 4) is 0 Å². The molecule has 1 aromatic heterocycles. The van der Waals surface area contributed by atoms with Crippen LogP contribution in [0.1, 0.15) is 37.6 Å². The Balaban J connectivity index is 1.70. The number of esters is 2. The molecule has 2 aromatic carbocycles. The van der Waals surface area contributed by atoms with Gasteiger partial charge in [-0.3, -0.25) is 14.2 Å². The molecule has 37 heavy (non-hydrogen) atoms. The molecule has 3 aromatic rings. The normalized spacial score (nSPS) is 22.6. The molecule has 0 spiro atoms. The average Bonchev–Trinajstić information content (AvgIpc) is 3.49. The molecule has 0 radical (unpaired) electrons. The lowest BCUT2D eigenvalue weighted by molar-refractivity contribution is -0.0630. The summed E-state index contributed by atoms with van der Waals surface area (Å²) in [5, 5.41) is 3.89. The summed E-state index contributed by atoms with van der Waals surface area (Å²) in [7, 11) is -5.46. The molecular weight excluding hydrogens is 514 g/mol. The first kappa shape index (κ1) is 26.1. The molecule has 2 unspecified atom stereocenters. The van der Waals surface area contributed by atoms with Gasteiger partial charge in [-0.05, 0) is 24.3 Å². The second kappa shape index (κ2) is 11.0. The number of hydrogen-bond donors (Lipinski definition) is 2. The third-order valence-electron chi connectivity index (χ3n) is 5.18. The Bertz CT molecular complexity index is 1320. The van der Waals surface area contributed by atoms with E-state index >= 15 is 0 Å². The van der Waals surface area contributed by atoms with Gasteiger partial charge in [0.1, 0.15) is 12.4 Å². The minimum Gasteiger partial charge on any atom is -0.452 e. The highest BCUT2D eigenvalue weighted by Crippen LogP contribution is 2.45. The van der Waals surface area contributed by atoms with Crippen molar-refractivity contribution in [2.24, 2.45) is 5.73 Å². The molecule has 0 aliphatic carbocycles. The summed E-state index contributed by atoms with van der Waals surface area (Å²) in [5.74, 6) is -3.04. The Morgan fingerprint density at radius 2 is 1.54 bits per heavy atom. The Kier molecular flexibility index (Phi) is 7.74. The van der Waals surface area contributed by atoms with E-state index in [-0.39, 0.29) is 11.1 Å². The first-order valence-electron chi connectivity index (χ1n) is 10.7. The van der Waals surface area contributed by atoms with Crippen molar-refractivity contribution in [2.75, 3.05) is 6.61 Å². The predicted octanol–water partition coefficient (Wildman–Crippen LogP) is 1.81. The van der Waals surface area contributed by atoms with Crippen molar-refractivity contribution in [3.05, 3.63) is 83.9 Å². The van der Waals surface area contributed by atoms with Crippen LogP contribution in [-0.2, 0) is 23.3 Å². The maximum Gasteiger partial charge on any atom is 0.510 e. The molecule has 4 rings (SSSR count). The molecule has 194 valence electrons. The van der Waals surface area contributed by atoms with Crippen LogP contribution in [-0.4, -0.2) is 62.4 Å². The smallest absolute Gasteiger partial charge is 0.452 e. The fraction of sp³-hybridized carbons (Fsp3) is 0.227. The fourth-order valence-electron chi connectivity index (χ4n) is 3.53. The molecule has 15 heteroatoms. The van der Waals surface area contributed by atoms with Gasteiger partial charge in [-0.15, -0.1) is 9.30 Å². The minimum atomic E-state index is -5.46. The number of halogens is 1. The van der Waals surface area contributed by atoms with Crippen molar-refractivity contribution in [2.45, 2.75) is 24.5 Å². The average molecular weight is 534 g/mol. The number of nitrogens with zero attached hydrogens (tertiary/aromatic N) is 3. The van der Waals surface area contributed by atoms with E-state index in [9.17, 15) is 23.1 Å². The van der Waals surface area contributed by atoms with Crippen LogP contribution in [0.5, 0.6) is 0 Å². The third kappa shape index (κ3) is 6.43. The molecular formula is C22H20FN4O9P. The van der Waals surface area contributed by atoms with Crippen LogP contribution in [0.4, 0.5) is 4.20 Å². The number of primary amides is 1. The molecule has 1 aliphatic heterocycles. The summed E-state index contributed by atoms with van der Waals surface area (Å²) in [5.41, 5.74) is 5.48. The predicted molar refractivity (Wildman–Crippen MR) is 121 cm³/mol. The second-order valence-corrected chi connectivity index (χ2v) is 8.86. The number of benzene rings is 2. The van der Waals surface area contributed by atoms with Gasteiger partial charge in [0.05, 0.1) is 17.7 Å². The summed E-state index contributed by atoms with van der Waals surface area (Å²) in [6.07, 6.45) is -4.66. The quantitative estimate of drug-likeness (QED) is 0.302. The lowest BCUT2D eigenvalue weighted by Gasteiger charge is -2.24. The van der Waals surface area contributed by atoms with Gasteiger partial charge >= 0.3 is 19.8 Å². The molecule has 1 amide bonds. The Morgan fingerprint density at radius 1 is 1.00 bits per heavy atom. The Labute approximate surface area is 208 Å². The summed E-state index contributed by atoms with van der Waals surface area (Å²) in [6.45, 7) is -0.871. The molecule has 1 aliphatic rings. The van der Waals surface area contributed by atoms with Gasteiger partial charge in [-0.1, -0.05) is 36.4 Å². The third-order valence-corrected chi connectivity index (χ3v) is 5.65. The van der Waals surface area contributed by atoms with E-state index in [4.69, 9.17) is 24.8 Å². The van der Waals surface area contributed by atoms with Crippen LogP contribution in [0.25, 0.3) is 0 Å². The van der Waals surface area contributed by atoms with Crippen LogP contribution in [0.3, 0.4) is 0 Å². The molecule has 5 atom stereocenters. The molecule has 0 bridgehead atoms. The van der Waals surface area contributed by atoms with Crippen LogP contribution in [0, 0.1) is 0 Å². The number of nitrogens with two attached hydrogens (primary N) is 1. The number of ether oxygens (including phenoxy) is 3. The molecule has 0 saturated carbocycles. The molecule has 2 heterocycles. The first-order valence-corrected chi connectivity index (χ1v) is 12.1. The maximum atomic E-state index is 13.3. The number of carbonyl (C=O) groups excluding carboxylic acids is 3. The minimum absolute atomic E-state index is 0.133. The van der Waals surface area contributed by atoms with Crippen molar-refractivity contribution in [3.63, 3.8) is 0 Å². The highest BCUT2D eigenvalue weighted by atomic mass is 31.2. The topological polar surface area (TPSA) is 182 Å². The summed E-state index contributed by atoms with van der Waals surface area (Å²) in [4.78, 5) is 50.0. The van der Waals surface area contributed by atoms with Crippen LogP contribution < -0.4 is 5.73 Å². The molecule has 3 N–H and O–H groups in total. The lowest BCUT2D eigenvalue weighted by atomic mass is 10.1. The molecule has 1 saturated heterocycles. The standard InChI is InChI=1S/C22H20FN4O9P/c23-37(31,32)33-11-15-16(35-21(29)13-7-3-1-4-8-13)17(36-22(30)14-9-5-2-6-10-14)20(34-15)27-12-25-19(26-27)18(24)28/h1-10,12,15-17,20H,11H2,(H2,24,28)(H,31,32)/t15-,16-,17?,20-/m1/s1. The summed E-state index contributed by atoms with van der Waals surface area (Å²) < 4.78 is 46.7. The summed E-state index contributed by atoms with van der Waals surface area (Å²) in [6, 6.07) is 15.6. The molecule has 1 fully saturated rings. The Hall–Kier alpha value is -3.97. The van der Waals surface area contributed by atoms with Gasteiger partial charge in [0.15, 0.2) is 18.4 Å². The van der Waals surface area contributed by atoms with Crippen LogP contribution >= 0.6 is 7.91 Å². The highest BCUT2D eigenvalue weighted by Gasteiger charge is 2.52. The molecule has 13 nitrogen and oxygen atoms in total. The summed E-state index contributed by atoms with van der Waals surface area (Å²) >= 11 is 0. The zero-order chi connectivity index (χ0) is 26.6. The van der Waals surface area contributed by atoms with E-state index in [1.807, 2.05) is 0 Å². The number of aromatic nitrogens is 3. The van der Waals surface area contributed by atoms with E-state index in [1.54, 1.807) is 36.4 Å². The van der Waals surface area contributed by atoms with Gasteiger partial charge in [0, 0.05) is 0 Å². The SMILES string of the molecule is NC(=O)c1ncn([C@@H]2O[C@H](COP(=O)(O)F)[C@@H](OC(=O)c3ccccc3)C2OC(=O)c2ccccc2)n1. The van der Waals surface area contributed by atoms with E-state index in [1.165, 1.54) is 24.3 Å². The zero-order valence-corrected chi connectivity index (χ0v) is 19.7. The fourth-order valence-corrected chi connectivity index (χ4v) is 3.86. The first-order chi connectivity index (χ1) is 17.6. The Morgan fingerprint density at radius 3 is 2.03 bits per heavy atom. The number of rotatable bonds is 9. The van der Waals surface area contributed by atoms with Gasteiger partial charge < -0.3 is 19.9 Å². The van der Waals surface area contributed by atoms with E-state index in [0.717, 1.165) is 11.0 Å². The van der Waals surface area contributed by atoms with Crippen molar-refractivity contribution in [1.29, 1.82) is 0 Å². The largest absolute Gasteiger partial charge is 0.510 e. The van der Waals surface area contributed by atoms with Crippen molar-refractivity contribution in [1.82, 2.24) is 14.8 Å². The van der Waals surface area contributed by atoms with Crippen LogP contribution in [0.2, 0.25) is 0 Å². The van der Waals surface area contributed by atoms with Gasteiger partial charge in [0.25, 0.3) is 5.91 Å². The zero-order valence-electron chi connectivity index (χ0n) is 18.8. The van der Waals surface area contributed by atoms with Gasteiger partial charge in [0.2, 0.25) is 5.82 Å². The highest BCUT2D eigenvalue weighted by molar-refractivity contribution is 7.46. The van der Waals surface area contributed by atoms with E-state index in [0.29, 0.717) is 0 Å². The number of amides is 1. The van der Waals surface area contributed by atoms with E-state index < -0.39 is 62.7 Å². The maximum absolute atomic E-state index is 13.3. The van der Waals surface area contributed by atoms with Gasteiger partial charge in [-0.2, -0.15) is 0 Å². The van der Waals surface area contributed by atoms with Gasteiger partial charge in [-0.25, -0.2) is 23.8 Å². The second-order valence-electron chi connectivity index (χ2n) is 7.70. The van der Waals surface area contributed by atoms with Crippen LogP contribution in [0.15, 0.2) is 67.0 Å². The lowest BCUT2D eigenvalue weighted by Crippen LogP contribution is -2.41.